The summed E-state index contributed by atoms with van der Waals surface area (Å²) in [6, 6.07) is 17.7. The molecule has 3 rings (SSSR count). The minimum atomic E-state index is 0.210. The zero-order valence-electron chi connectivity index (χ0n) is 11.9. The number of fused-ring (bicyclic) bond motifs is 1. The monoisotopic (exact) mass is 248 g/mol. The van der Waals surface area contributed by atoms with Gasteiger partial charge in [0, 0.05) is 0 Å². The Balaban J connectivity index is 1.98. The third-order valence-corrected chi connectivity index (χ3v) is 3.87. The molecule has 0 radical (unpaired) electrons. The van der Waals surface area contributed by atoms with E-state index in [4.69, 9.17) is 0 Å². The molecule has 0 unspecified atom stereocenters. The Kier molecular flexibility index (Phi) is 2.82. The van der Waals surface area contributed by atoms with Gasteiger partial charge in [-0.25, -0.2) is 0 Å². The van der Waals surface area contributed by atoms with Crippen LogP contribution in [0.15, 0.2) is 48.5 Å². The maximum absolute atomic E-state index is 2.34. The molecule has 0 amide bonds. The molecule has 0 spiro atoms. The van der Waals surface area contributed by atoms with E-state index in [1.54, 1.807) is 0 Å². The largest absolute Gasteiger partial charge is 0.0619 e. The van der Waals surface area contributed by atoms with Gasteiger partial charge in [0.2, 0.25) is 0 Å². The lowest BCUT2D eigenvalue weighted by molar-refractivity contribution is 0.590. The lowest BCUT2D eigenvalue weighted by Gasteiger charge is -2.20. The molecule has 0 N–H and O–H groups in total. The highest BCUT2D eigenvalue weighted by molar-refractivity contribution is 5.88. The van der Waals surface area contributed by atoms with Crippen molar-refractivity contribution in [3.8, 4) is 0 Å². The Bertz CT molecular complexity index is 639. The fraction of sp³-hybridized carbons (Fsp3) is 0.263. The molecule has 19 heavy (non-hydrogen) atoms. The van der Waals surface area contributed by atoms with Gasteiger partial charge in [-0.15, -0.1) is 0 Å². The van der Waals surface area contributed by atoms with Crippen LogP contribution in [0, 0.1) is 0 Å². The molecule has 0 saturated carbocycles. The first kappa shape index (κ1) is 12.2. The van der Waals surface area contributed by atoms with Crippen molar-refractivity contribution < 1.29 is 0 Å². The van der Waals surface area contributed by atoms with E-state index in [9.17, 15) is 0 Å². The molecule has 1 aliphatic rings. The Morgan fingerprint density at radius 2 is 1.68 bits per heavy atom. The molecule has 0 atom stereocenters. The van der Waals surface area contributed by atoms with Crippen LogP contribution in [0.25, 0.3) is 11.6 Å². The summed E-state index contributed by atoms with van der Waals surface area (Å²) in [6.45, 7) is 6.80. The zero-order valence-corrected chi connectivity index (χ0v) is 11.9. The summed E-state index contributed by atoms with van der Waals surface area (Å²) in [6.07, 6.45) is 3.39. The maximum Gasteiger partial charge on any atom is -0.00137 e. The predicted molar refractivity (Wildman–Crippen MR) is 83.2 cm³/mol. The lowest BCUT2D eigenvalue weighted by atomic mass is 9.85. The van der Waals surface area contributed by atoms with Gasteiger partial charge in [0.1, 0.15) is 0 Å². The van der Waals surface area contributed by atoms with Gasteiger partial charge in [0.25, 0.3) is 0 Å². The summed E-state index contributed by atoms with van der Waals surface area (Å²) >= 11 is 0. The summed E-state index contributed by atoms with van der Waals surface area (Å²) < 4.78 is 0. The molecule has 0 aliphatic heterocycles. The molecule has 96 valence electrons. The number of hydrogen-bond acceptors (Lipinski definition) is 0. The van der Waals surface area contributed by atoms with Gasteiger partial charge in [-0.05, 0) is 39.7 Å². The van der Waals surface area contributed by atoms with Crippen LogP contribution in [0.2, 0.25) is 0 Å². The van der Waals surface area contributed by atoms with Crippen LogP contribution in [0.3, 0.4) is 0 Å². The van der Waals surface area contributed by atoms with Gasteiger partial charge in [0.15, 0.2) is 0 Å². The second kappa shape index (κ2) is 4.38. The van der Waals surface area contributed by atoms with Crippen LogP contribution >= 0.6 is 0 Å². The van der Waals surface area contributed by atoms with E-state index in [2.05, 4.69) is 75.4 Å². The average molecular weight is 248 g/mol. The van der Waals surface area contributed by atoms with Gasteiger partial charge in [0.05, 0.1) is 0 Å². The molecule has 0 heteroatoms. The Labute approximate surface area is 115 Å². The van der Waals surface area contributed by atoms with E-state index in [-0.39, 0.29) is 5.41 Å². The van der Waals surface area contributed by atoms with Gasteiger partial charge in [-0.1, -0.05) is 75.4 Å². The summed E-state index contributed by atoms with van der Waals surface area (Å²) in [5.41, 5.74) is 7.23. The number of benzene rings is 2. The molecule has 2 aromatic carbocycles. The van der Waals surface area contributed by atoms with E-state index in [0.717, 1.165) is 6.42 Å². The van der Waals surface area contributed by atoms with Crippen molar-refractivity contribution in [1.29, 1.82) is 0 Å². The first-order valence-corrected chi connectivity index (χ1v) is 6.93. The van der Waals surface area contributed by atoms with Gasteiger partial charge in [-0.2, -0.15) is 0 Å². The van der Waals surface area contributed by atoms with Crippen molar-refractivity contribution >= 4 is 11.6 Å². The molecule has 0 heterocycles. The van der Waals surface area contributed by atoms with Gasteiger partial charge < -0.3 is 0 Å². The van der Waals surface area contributed by atoms with Crippen molar-refractivity contribution in [3.05, 3.63) is 70.8 Å². The van der Waals surface area contributed by atoms with Crippen molar-refractivity contribution in [3.63, 3.8) is 0 Å². The van der Waals surface area contributed by atoms with Crippen molar-refractivity contribution in [2.45, 2.75) is 32.6 Å². The second-order valence-electron chi connectivity index (χ2n) is 6.38. The first-order chi connectivity index (χ1) is 9.04. The summed E-state index contributed by atoms with van der Waals surface area (Å²) in [4.78, 5) is 0. The molecule has 0 bridgehead atoms. The molecule has 0 fully saturated rings. The minimum absolute atomic E-state index is 0.210. The van der Waals surface area contributed by atoms with Crippen LogP contribution in [0.5, 0.6) is 0 Å². The molecular weight excluding hydrogens is 228 g/mol. The van der Waals surface area contributed by atoms with Crippen LogP contribution in [-0.4, -0.2) is 0 Å². The van der Waals surface area contributed by atoms with E-state index < -0.39 is 0 Å². The molecule has 0 saturated heterocycles. The van der Waals surface area contributed by atoms with E-state index >= 15 is 0 Å². The Morgan fingerprint density at radius 3 is 2.42 bits per heavy atom. The highest BCUT2D eigenvalue weighted by atomic mass is 14.2. The fourth-order valence-corrected chi connectivity index (χ4v) is 2.65. The standard InChI is InChI=1S/C19H20/c1-19(2,3)18-10-6-9-16(13-18)17-11-14-7-4-5-8-15(14)12-17/h4-11,13H,12H2,1-3H3. The van der Waals surface area contributed by atoms with Gasteiger partial charge >= 0.3 is 0 Å². The van der Waals surface area contributed by atoms with E-state index in [1.807, 2.05) is 0 Å². The molecule has 1 aliphatic carbocycles. The van der Waals surface area contributed by atoms with Crippen LogP contribution in [-0.2, 0) is 11.8 Å². The smallest absolute Gasteiger partial charge is 0.00137 e. The van der Waals surface area contributed by atoms with Crippen LogP contribution in [0.1, 0.15) is 43.0 Å². The van der Waals surface area contributed by atoms with E-state index in [0.29, 0.717) is 0 Å². The second-order valence-corrected chi connectivity index (χ2v) is 6.38. The first-order valence-electron chi connectivity index (χ1n) is 6.93. The predicted octanol–water partition coefficient (Wildman–Crippen LogP) is 5.08. The summed E-state index contributed by atoms with van der Waals surface area (Å²) in [5, 5.41) is 0. The van der Waals surface area contributed by atoms with Crippen LogP contribution in [0.4, 0.5) is 0 Å². The molecule has 0 aromatic heterocycles. The fourth-order valence-electron chi connectivity index (χ4n) is 2.65. The van der Waals surface area contributed by atoms with Crippen molar-refractivity contribution in [2.24, 2.45) is 0 Å². The SMILES string of the molecule is CC(C)(C)c1cccc(C2=Cc3ccccc3C2)c1. The number of allylic oxidation sites excluding steroid dienone is 1. The minimum Gasteiger partial charge on any atom is -0.0619 e. The normalized spacial score (nSPS) is 14.2. The molecule has 2 aromatic rings. The third kappa shape index (κ3) is 2.35. The van der Waals surface area contributed by atoms with Crippen molar-refractivity contribution in [1.82, 2.24) is 0 Å². The quantitative estimate of drug-likeness (QED) is 0.660. The average Bonchev–Trinajstić information content (AvgIpc) is 2.81. The Hall–Kier alpha value is -1.82. The van der Waals surface area contributed by atoms with Crippen molar-refractivity contribution in [2.75, 3.05) is 0 Å². The zero-order chi connectivity index (χ0) is 13.5. The lowest BCUT2D eigenvalue weighted by Crippen LogP contribution is -2.11. The summed E-state index contributed by atoms with van der Waals surface area (Å²) in [7, 11) is 0. The number of rotatable bonds is 1. The van der Waals surface area contributed by atoms with Gasteiger partial charge in [-0.3, -0.25) is 0 Å². The highest BCUT2D eigenvalue weighted by Crippen LogP contribution is 2.33. The maximum atomic E-state index is 2.34. The highest BCUT2D eigenvalue weighted by Gasteiger charge is 2.17. The van der Waals surface area contributed by atoms with E-state index in [1.165, 1.54) is 27.8 Å². The molecule has 0 nitrogen and oxygen atoms in total. The third-order valence-electron chi connectivity index (χ3n) is 3.87. The summed E-state index contributed by atoms with van der Waals surface area (Å²) in [5.74, 6) is 0. The number of hydrogen-bond donors (Lipinski definition) is 0. The van der Waals surface area contributed by atoms with Crippen LogP contribution < -0.4 is 0 Å². The molecular formula is C19H20. The Morgan fingerprint density at radius 1 is 0.895 bits per heavy atom. The topological polar surface area (TPSA) is 0 Å².